The van der Waals surface area contributed by atoms with E-state index in [4.69, 9.17) is 0 Å². The first-order chi connectivity index (χ1) is 16.1. The number of para-hydroxylation sites is 2. The minimum atomic E-state index is -0.719. The predicted octanol–water partition coefficient (Wildman–Crippen LogP) is 5.00. The summed E-state index contributed by atoms with van der Waals surface area (Å²) < 4.78 is 3.41. The van der Waals surface area contributed by atoms with Crippen molar-refractivity contribution in [3.05, 3.63) is 118 Å². The standard InChI is InChI=1S/C27H24N4O2/c1-18-24(27(33)31(30(18)2)20-13-7-4-8-14-20)29-25(19-11-5-3-6-12-19)26(32)22-17-28-23-16-10-9-15-21(22)23/h3-17,25,28-29H,1-2H3. The monoisotopic (exact) mass is 436 g/mol. The van der Waals surface area contributed by atoms with Crippen molar-refractivity contribution in [2.24, 2.45) is 7.05 Å². The van der Waals surface area contributed by atoms with Gasteiger partial charge in [-0.25, -0.2) is 4.68 Å². The average molecular weight is 437 g/mol. The molecule has 0 aliphatic carbocycles. The summed E-state index contributed by atoms with van der Waals surface area (Å²) in [7, 11) is 1.84. The van der Waals surface area contributed by atoms with Crippen LogP contribution in [-0.2, 0) is 7.05 Å². The fourth-order valence-electron chi connectivity index (χ4n) is 4.26. The largest absolute Gasteiger partial charge is 0.365 e. The van der Waals surface area contributed by atoms with Crippen LogP contribution in [0.25, 0.3) is 16.6 Å². The van der Waals surface area contributed by atoms with Crippen LogP contribution in [0.4, 0.5) is 5.69 Å². The summed E-state index contributed by atoms with van der Waals surface area (Å²) in [5, 5.41) is 4.16. The number of benzene rings is 3. The van der Waals surface area contributed by atoms with Gasteiger partial charge in [-0.2, -0.15) is 0 Å². The lowest BCUT2D eigenvalue weighted by Crippen LogP contribution is -2.26. The number of Topliss-reactive ketones (excluding diaryl/α,β-unsaturated/α-hetero) is 1. The molecule has 0 saturated carbocycles. The summed E-state index contributed by atoms with van der Waals surface area (Å²) >= 11 is 0. The van der Waals surface area contributed by atoms with Crippen molar-refractivity contribution in [1.29, 1.82) is 0 Å². The van der Waals surface area contributed by atoms with Crippen LogP contribution in [0.2, 0.25) is 0 Å². The van der Waals surface area contributed by atoms with Gasteiger partial charge in [0.15, 0.2) is 5.78 Å². The van der Waals surface area contributed by atoms with Gasteiger partial charge in [-0.05, 0) is 30.7 Å². The molecule has 0 saturated heterocycles. The number of nitrogens with zero attached hydrogens (tertiary/aromatic N) is 2. The topological polar surface area (TPSA) is 71.8 Å². The van der Waals surface area contributed by atoms with Gasteiger partial charge in [-0.1, -0.05) is 66.7 Å². The molecule has 164 valence electrons. The van der Waals surface area contributed by atoms with Crippen molar-refractivity contribution in [1.82, 2.24) is 14.3 Å². The quantitative estimate of drug-likeness (QED) is 0.368. The molecule has 0 aliphatic rings. The Labute approximate surface area is 191 Å². The summed E-state index contributed by atoms with van der Waals surface area (Å²) in [4.78, 5) is 30.5. The third-order valence-corrected chi connectivity index (χ3v) is 6.09. The number of fused-ring (bicyclic) bond motifs is 1. The number of H-pyrrole nitrogens is 1. The second-order valence-electron chi connectivity index (χ2n) is 8.04. The normalized spacial score (nSPS) is 12.1. The van der Waals surface area contributed by atoms with Gasteiger partial charge in [-0.3, -0.25) is 14.3 Å². The van der Waals surface area contributed by atoms with E-state index in [9.17, 15) is 9.59 Å². The molecular formula is C27H24N4O2. The lowest BCUT2D eigenvalue weighted by molar-refractivity contribution is 0.0971. The maximum absolute atomic E-state index is 13.8. The molecule has 0 spiro atoms. The van der Waals surface area contributed by atoms with E-state index in [1.165, 1.54) is 0 Å². The average Bonchev–Trinajstić information content (AvgIpc) is 3.37. The summed E-state index contributed by atoms with van der Waals surface area (Å²) in [6.07, 6.45) is 1.74. The Morgan fingerprint density at radius 3 is 2.27 bits per heavy atom. The number of anilines is 1. The van der Waals surface area contributed by atoms with Gasteiger partial charge in [0.2, 0.25) is 0 Å². The smallest absolute Gasteiger partial charge is 0.295 e. The van der Waals surface area contributed by atoms with Crippen molar-refractivity contribution in [2.45, 2.75) is 13.0 Å². The predicted molar refractivity (Wildman–Crippen MR) is 131 cm³/mol. The molecule has 2 N–H and O–H groups in total. The molecule has 0 fully saturated rings. The zero-order chi connectivity index (χ0) is 22.9. The number of hydrogen-bond acceptors (Lipinski definition) is 3. The Bertz CT molecular complexity index is 1490. The van der Waals surface area contributed by atoms with Crippen LogP contribution in [0, 0.1) is 6.92 Å². The number of nitrogens with one attached hydrogen (secondary N) is 2. The van der Waals surface area contributed by atoms with E-state index in [1.807, 2.05) is 98.9 Å². The highest BCUT2D eigenvalue weighted by Crippen LogP contribution is 2.28. The Morgan fingerprint density at radius 2 is 1.55 bits per heavy atom. The lowest BCUT2D eigenvalue weighted by Gasteiger charge is -2.18. The summed E-state index contributed by atoms with van der Waals surface area (Å²) in [5.74, 6) is -0.104. The zero-order valence-electron chi connectivity index (χ0n) is 18.4. The third kappa shape index (κ3) is 3.55. The molecule has 6 nitrogen and oxygen atoms in total. The number of carbonyl (C=O) groups is 1. The van der Waals surface area contributed by atoms with E-state index in [-0.39, 0.29) is 11.3 Å². The van der Waals surface area contributed by atoms with Crippen LogP contribution in [0.5, 0.6) is 0 Å². The maximum Gasteiger partial charge on any atom is 0.295 e. The number of aromatic amines is 1. The van der Waals surface area contributed by atoms with Gasteiger partial charge >= 0.3 is 0 Å². The van der Waals surface area contributed by atoms with Gasteiger partial charge < -0.3 is 10.3 Å². The van der Waals surface area contributed by atoms with E-state index < -0.39 is 6.04 Å². The molecule has 1 atom stereocenters. The van der Waals surface area contributed by atoms with Crippen LogP contribution in [0.15, 0.2) is 95.9 Å². The van der Waals surface area contributed by atoms with Crippen LogP contribution >= 0.6 is 0 Å². The third-order valence-electron chi connectivity index (χ3n) is 6.09. The number of aromatic nitrogens is 3. The SMILES string of the molecule is Cc1c(NC(C(=O)c2c[nH]c3ccccc23)c2ccccc2)c(=O)n(-c2ccccc2)n1C. The van der Waals surface area contributed by atoms with Crippen molar-refractivity contribution in [3.63, 3.8) is 0 Å². The number of rotatable bonds is 6. The molecule has 3 aromatic carbocycles. The van der Waals surface area contributed by atoms with E-state index in [0.717, 1.165) is 27.8 Å². The molecule has 5 rings (SSSR count). The highest BCUT2D eigenvalue weighted by molar-refractivity contribution is 6.11. The van der Waals surface area contributed by atoms with Gasteiger partial charge in [0.1, 0.15) is 11.7 Å². The van der Waals surface area contributed by atoms with Gasteiger partial charge in [0, 0.05) is 29.7 Å². The van der Waals surface area contributed by atoms with Crippen LogP contribution in [0.1, 0.15) is 27.7 Å². The Balaban J connectivity index is 1.62. The minimum Gasteiger partial charge on any atom is -0.365 e. The Morgan fingerprint density at radius 1 is 0.909 bits per heavy atom. The van der Waals surface area contributed by atoms with E-state index >= 15 is 0 Å². The van der Waals surface area contributed by atoms with E-state index in [1.54, 1.807) is 15.6 Å². The summed E-state index contributed by atoms with van der Waals surface area (Å²) in [5.41, 5.74) is 4.00. The van der Waals surface area contributed by atoms with Crippen LogP contribution in [-0.4, -0.2) is 20.1 Å². The summed E-state index contributed by atoms with van der Waals surface area (Å²) in [6.45, 7) is 1.88. The first kappa shape index (κ1) is 20.6. The van der Waals surface area contributed by atoms with Crippen molar-refractivity contribution in [2.75, 3.05) is 5.32 Å². The molecule has 0 amide bonds. The molecule has 6 heteroatoms. The van der Waals surface area contributed by atoms with Gasteiger partial charge in [0.25, 0.3) is 5.56 Å². The highest BCUT2D eigenvalue weighted by atomic mass is 16.1. The first-order valence-electron chi connectivity index (χ1n) is 10.8. The van der Waals surface area contributed by atoms with Crippen molar-refractivity contribution in [3.8, 4) is 5.69 Å². The molecule has 0 aliphatic heterocycles. The second kappa shape index (κ2) is 8.31. The molecule has 2 heterocycles. The zero-order valence-corrected chi connectivity index (χ0v) is 18.4. The summed E-state index contributed by atoms with van der Waals surface area (Å²) in [6, 6.07) is 26.0. The van der Waals surface area contributed by atoms with Gasteiger partial charge in [0.05, 0.1) is 11.4 Å². The number of hydrogen-bond donors (Lipinski definition) is 2. The minimum absolute atomic E-state index is 0.104. The highest BCUT2D eigenvalue weighted by Gasteiger charge is 2.27. The number of carbonyl (C=O) groups excluding carboxylic acids is 1. The molecule has 2 aromatic heterocycles. The molecular weight excluding hydrogens is 412 g/mol. The Hall–Kier alpha value is -4.32. The molecule has 1 unspecified atom stereocenters. The van der Waals surface area contributed by atoms with Crippen molar-refractivity contribution < 1.29 is 4.79 Å². The van der Waals surface area contributed by atoms with Crippen molar-refractivity contribution >= 4 is 22.4 Å². The molecule has 0 bridgehead atoms. The van der Waals surface area contributed by atoms with Crippen LogP contribution in [0.3, 0.4) is 0 Å². The second-order valence-corrected chi connectivity index (χ2v) is 8.04. The molecule has 0 radical (unpaired) electrons. The van der Waals surface area contributed by atoms with E-state index in [0.29, 0.717) is 11.3 Å². The van der Waals surface area contributed by atoms with Gasteiger partial charge in [-0.15, -0.1) is 0 Å². The van der Waals surface area contributed by atoms with E-state index in [2.05, 4.69) is 10.3 Å². The molecule has 5 aromatic rings. The maximum atomic E-state index is 13.8. The molecule has 33 heavy (non-hydrogen) atoms. The van der Waals surface area contributed by atoms with Crippen LogP contribution < -0.4 is 10.9 Å². The number of ketones is 1. The Kier molecular flexibility index (Phi) is 5.18. The fourth-order valence-corrected chi connectivity index (χ4v) is 4.26. The first-order valence-corrected chi connectivity index (χ1v) is 10.8. The lowest BCUT2D eigenvalue weighted by atomic mass is 9.96. The fraction of sp³-hybridized carbons (Fsp3) is 0.111.